The molecule has 1 atom stereocenters. The van der Waals surface area contributed by atoms with Crippen molar-refractivity contribution in [1.82, 2.24) is 9.55 Å². The summed E-state index contributed by atoms with van der Waals surface area (Å²) in [5, 5.41) is 9.02. The Kier molecular flexibility index (Phi) is 2.82. The molecule has 1 aromatic heterocycles. The van der Waals surface area contributed by atoms with Crippen molar-refractivity contribution < 1.29 is 14.6 Å². The van der Waals surface area contributed by atoms with Crippen molar-refractivity contribution in [2.75, 3.05) is 0 Å². The van der Waals surface area contributed by atoms with E-state index in [2.05, 4.69) is 9.72 Å². The summed E-state index contributed by atoms with van der Waals surface area (Å²) >= 11 is 0. The van der Waals surface area contributed by atoms with Gasteiger partial charge in [0.25, 0.3) is 0 Å². The van der Waals surface area contributed by atoms with Crippen molar-refractivity contribution in [1.29, 1.82) is 0 Å². The predicted octanol–water partition coefficient (Wildman–Crippen LogP) is -0.201. The molecule has 1 aromatic rings. The van der Waals surface area contributed by atoms with E-state index >= 15 is 0 Å². The molecule has 0 aliphatic carbocycles. The molecule has 0 spiro atoms. The normalized spacial score (nSPS) is 12.5. The molecule has 1 unspecified atom stereocenters. The first-order valence-electron chi connectivity index (χ1n) is 3.53. The number of aromatic nitrogens is 2. The van der Waals surface area contributed by atoms with Gasteiger partial charge >= 0.3 is 12.5 Å². The second-order valence-corrected chi connectivity index (χ2v) is 2.43. The van der Waals surface area contributed by atoms with Crippen LogP contribution in [0.15, 0.2) is 12.4 Å². The number of aliphatic hydroxyl groups is 1. The van der Waals surface area contributed by atoms with Gasteiger partial charge in [0.15, 0.2) is 0 Å². The van der Waals surface area contributed by atoms with Gasteiger partial charge < -0.3 is 9.84 Å². The SMILES string of the molecule is CC(O)Cn1ccnc1OC=O. The van der Waals surface area contributed by atoms with Gasteiger partial charge in [-0.25, -0.2) is 4.98 Å². The zero-order chi connectivity index (χ0) is 8.97. The molecule has 0 bridgehead atoms. The highest BCUT2D eigenvalue weighted by Gasteiger charge is 2.04. The van der Waals surface area contributed by atoms with Crippen LogP contribution in [0.1, 0.15) is 6.92 Å². The van der Waals surface area contributed by atoms with Crippen molar-refractivity contribution in [3.63, 3.8) is 0 Å². The molecule has 0 aliphatic heterocycles. The average molecular weight is 170 g/mol. The fourth-order valence-corrected chi connectivity index (χ4v) is 0.880. The Morgan fingerprint density at radius 1 is 1.92 bits per heavy atom. The largest absolute Gasteiger partial charge is 0.394 e. The summed E-state index contributed by atoms with van der Waals surface area (Å²) in [6.45, 7) is 2.31. The molecule has 66 valence electrons. The lowest BCUT2D eigenvalue weighted by molar-refractivity contribution is -0.121. The molecule has 0 saturated carbocycles. The third kappa shape index (κ3) is 2.06. The standard InChI is InChI=1S/C7H10N2O3/c1-6(11)4-9-3-2-8-7(9)12-5-10/h2-3,5-6,11H,4H2,1H3. The molecule has 5 nitrogen and oxygen atoms in total. The molecule has 0 saturated heterocycles. The first-order valence-corrected chi connectivity index (χ1v) is 3.53. The average Bonchev–Trinajstić information content (AvgIpc) is 2.37. The van der Waals surface area contributed by atoms with Gasteiger partial charge in [-0.05, 0) is 6.92 Å². The van der Waals surface area contributed by atoms with E-state index in [1.807, 2.05) is 0 Å². The molecule has 1 N–H and O–H groups in total. The minimum Gasteiger partial charge on any atom is -0.394 e. The minimum absolute atomic E-state index is 0.200. The lowest BCUT2D eigenvalue weighted by Gasteiger charge is -2.06. The van der Waals surface area contributed by atoms with E-state index in [9.17, 15) is 4.79 Å². The maximum Gasteiger partial charge on any atom is 0.303 e. The molecule has 0 aliphatic rings. The molecule has 1 rings (SSSR count). The van der Waals surface area contributed by atoms with Crippen molar-refractivity contribution >= 4 is 6.47 Å². The number of carbonyl (C=O) groups is 1. The van der Waals surface area contributed by atoms with Crippen LogP contribution in [-0.4, -0.2) is 27.2 Å². The molecule has 0 radical (unpaired) electrons. The first-order chi connectivity index (χ1) is 5.74. The lowest BCUT2D eigenvalue weighted by Crippen LogP contribution is -2.12. The highest BCUT2D eigenvalue weighted by Crippen LogP contribution is 2.06. The molecule has 0 amide bonds. The van der Waals surface area contributed by atoms with Crippen LogP contribution in [0.4, 0.5) is 0 Å². The van der Waals surface area contributed by atoms with Gasteiger partial charge in [-0.3, -0.25) is 9.36 Å². The van der Waals surface area contributed by atoms with Gasteiger partial charge in [0.2, 0.25) is 0 Å². The zero-order valence-electron chi connectivity index (χ0n) is 6.67. The maximum atomic E-state index is 9.97. The molecule has 0 fully saturated rings. The lowest BCUT2D eigenvalue weighted by atomic mass is 10.4. The number of rotatable bonds is 4. The first kappa shape index (κ1) is 8.73. The Balaban J connectivity index is 2.69. The zero-order valence-corrected chi connectivity index (χ0v) is 6.67. The van der Waals surface area contributed by atoms with Crippen LogP contribution in [0, 0.1) is 0 Å². The third-order valence-corrected chi connectivity index (χ3v) is 1.29. The van der Waals surface area contributed by atoms with Gasteiger partial charge in [0.05, 0.1) is 12.6 Å². The summed E-state index contributed by atoms with van der Waals surface area (Å²) in [6, 6.07) is 0.200. The van der Waals surface area contributed by atoms with Gasteiger partial charge in [-0.2, -0.15) is 0 Å². The van der Waals surface area contributed by atoms with Crippen molar-refractivity contribution in [3.05, 3.63) is 12.4 Å². The van der Waals surface area contributed by atoms with Crippen molar-refractivity contribution in [2.24, 2.45) is 0 Å². The Labute approximate surface area is 69.6 Å². The summed E-state index contributed by atoms with van der Waals surface area (Å²) in [5.41, 5.74) is 0. The topological polar surface area (TPSA) is 64.3 Å². The summed E-state index contributed by atoms with van der Waals surface area (Å²) < 4.78 is 6.09. The number of ether oxygens (including phenoxy) is 1. The van der Waals surface area contributed by atoms with Crippen LogP contribution < -0.4 is 4.74 Å². The van der Waals surface area contributed by atoms with E-state index in [0.29, 0.717) is 13.0 Å². The van der Waals surface area contributed by atoms with Crippen LogP contribution in [0.5, 0.6) is 6.01 Å². The van der Waals surface area contributed by atoms with E-state index in [1.54, 1.807) is 17.7 Å². The fourth-order valence-electron chi connectivity index (χ4n) is 0.880. The highest BCUT2D eigenvalue weighted by atomic mass is 16.5. The van der Waals surface area contributed by atoms with Crippen molar-refractivity contribution in [2.45, 2.75) is 19.6 Å². The van der Waals surface area contributed by atoms with E-state index in [-0.39, 0.29) is 6.01 Å². The molecule has 5 heteroatoms. The van der Waals surface area contributed by atoms with Gasteiger partial charge in [0.1, 0.15) is 0 Å². The molecule has 0 aromatic carbocycles. The summed E-state index contributed by atoms with van der Waals surface area (Å²) in [4.78, 5) is 13.7. The second kappa shape index (κ2) is 3.87. The third-order valence-electron chi connectivity index (χ3n) is 1.29. The van der Waals surface area contributed by atoms with E-state index in [0.717, 1.165) is 0 Å². The minimum atomic E-state index is -0.492. The molecular formula is C7H10N2O3. The van der Waals surface area contributed by atoms with Gasteiger partial charge in [-0.1, -0.05) is 0 Å². The van der Waals surface area contributed by atoms with E-state index in [1.165, 1.54) is 6.20 Å². The monoisotopic (exact) mass is 170 g/mol. The van der Waals surface area contributed by atoms with Gasteiger partial charge in [-0.15, -0.1) is 0 Å². The van der Waals surface area contributed by atoms with Crippen LogP contribution >= 0.6 is 0 Å². The quantitative estimate of drug-likeness (QED) is 0.635. The van der Waals surface area contributed by atoms with Crippen LogP contribution in [-0.2, 0) is 11.3 Å². The number of nitrogens with zero attached hydrogens (tertiary/aromatic N) is 2. The highest BCUT2D eigenvalue weighted by molar-refractivity contribution is 5.41. The van der Waals surface area contributed by atoms with Gasteiger partial charge in [0, 0.05) is 12.4 Å². The molecule has 12 heavy (non-hydrogen) atoms. The molecule has 1 heterocycles. The number of aliphatic hydroxyl groups excluding tert-OH is 1. The van der Waals surface area contributed by atoms with E-state index < -0.39 is 6.10 Å². The Bertz CT molecular complexity index is 257. The Hall–Kier alpha value is -1.36. The number of hydrogen-bond acceptors (Lipinski definition) is 4. The van der Waals surface area contributed by atoms with Crippen LogP contribution in [0.3, 0.4) is 0 Å². The summed E-state index contributed by atoms with van der Waals surface area (Å²) in [7, 11) is 0. The fraction of sp³-hybridized carbons (Fsp3) is 0.429. The Morgan fingerprint density at radius 2 is 2.67 bits per heavy atom. The smallest absolute Gasteiger partial charge is 0.303 e. The Morgan fingerprint density at radius 3 is 3.25 bits per heavy atom. The summed E-state index contributed by atoms with van der Waals surface area (Å²) in [6.07, 6.45) is 2.64. The van der Waals surface area contributed by atoms with E-state index in [4.69, 9.17) is 5.11 Å². The van der Waals surface area contributed by atoms with Crippen molar-refractivity contribution in [3.8, 4) is 6.01 Å². The predicted molar refractivity (Wildman–Crippen MR) is 40.6 cm³/mol. The number of hydrogen-bond donors (Lipinski definition) is 1. The summed E-state index contributed by atoms with van der Waals surface area (Å²) in [5.74, 6) is 0. The maximum absolute atomic E-state index is 9.97. The van der Waals surface area contributed by atoms with Crippen LogP contribution in [0.25, 0.3) is 0 Å². The number of carbonyl (C=O) groups excluding carboxylic acids is 1. The second-order valence-electron chi connectivity index (χ2n) is 2.43. The number of imidazole rings is 1. The molecular weight excluding hydrogens is 160 g/mol. The van der Waals surface area contributed by atoms with Crippen LogP contribution in [0.2, 0.25) is 0 Å².